The summed E-state index contributed by atoms with van der Waals surface area (Å²) in [4.78, 5) is 16.9. The number of pyridine rings is 1. The highest BCUT2D eigenvalue weighted by Gasteiger charge is 2.51. The van der Waals surface area contributed by atoms with Gasteiger partial charge < -0.3 is 16.8 Å². The van der Waals surface area contributed by atoms with E-state index in [4.69, 9.17) is 11.5 Å². The summed E-state index contributed by atoms with van der Waals surface area (Å²) in [5.74, 6) is 0.729. The summed E-state index contributed by atoms with van der Waals surface area (Å²) < 4.78 is 0. The van der Waals surface area contributed by atoms with Gasteiger partial charge in [0.05, 0.1) is 5.41 Å². The van der Waals surface area contributed by atoms with Crippen molar-refractivity contribution in [3.05, 3.63) is 52.7 Å². The van der Waals surface area contributed by atoms with E-state index in [2.05, 4.69) is 16.4 Å². The Morgan fingerprint density at radius 1 is 1.27 bits per heavy atom. The summed E-state index contributed by atoms with van der Waals surface area (Å²) in [6, 6.07) is 8.01. The minimum atomic E-state index is -0.528. The molecule has 2 aromatic rings. The first-order valence-electron chi connectivity index (χ1n) is 7.51. The van der Waals surface area contributed by atoms with Gasteiger partial charge in [0.2, 0.25) is 5.91 Å². The van der Waals surface area contributed by atoms with Crippen molar-refractivity contribution in [1.29, 1.82) is 0 Å². The number of hydrogen-bond donors (Lipinski definition) is 3. The van der Waals surface area contributed by atoms with Crippen molar-refractivity contribution in [2.45, 2.75) is 24.7 Å². The van der Waals surface area contributed by atoms with E-state index >= 15 is 0 Å². The molecule has 1 spiro atoms. The number of fused-ring (bicyclic) bond motifs is 3. The Labute approximate surface area is 128 Å². The predicted octanol–water partition coefficient (Wildman–Crippen LogP) is 1.15. The van der Waals surface area contributed by atoms with Crippen LogP contribution in [-0.2, 0) is 29.5 Å². The van der Waals surface area contributed by atoms with Gasteiger partial charge in [-0.15, -0.1) is 0 Å². The van der Waals surface area contributed by atoms with Crippen LogP contribution in [0.4, 0.5) is 11.5 Å². The van der Waals surface area contributed by atoms with Crippen molar-refractivity contribution in [2.75, 3.05) is 17.6 Å². The van der Waals surface area contributed by atoms with Crippen molar-refractivity contribution in [3.63, 3.8) is 0 Å². The van der Waals surface area contributed by atoms with Gasteiger partial charge in [0.1, 0.15) is 5.82 Å². The van der Waals surface area contributed by atoms with Gasteiger partial charge in [-0.05, 0) is 54.6 Å². The molecule has 1 unspecified atom stereocenters. The zero-order valence-electron chi connectivity index (χ0n) is 12.2. The Kier molecular flexibility index (Phi) is 2.74. The van der Waals surface area contributed by atoms with Crippen molar-refractivity contribution in [3.8, 4) is 0 Å². The van der Waals surface area contributed by atoms with Crippen LogP contribution in [0.15, 0.2) is 30.5 Å². The number of nitrogens with one attached hydrogen (secondary N) is 1. The third-order valence-corrected chi connectivity index (χ3v) is 4.85. The van der Waals surface area contributed by atoms with Gasteiger partial charge in [-0.25, -0.2) is 4.98 Å². The molecule has 4 rings (SSSR count). The number of benzene rings is 1. The van der Waals surface area contributed by atoms with E-state index in [-0.39, 0.29) is 5.91 Å². The van der Waals surface area contributed by atoms with Crippen LogP contribution in [-0.4, -0.2) is 17.4 Å². The third-order valence-electron chi connectivity index (χ3n) is 4.85. The molecular formula is C17H18N4O. The molecule has 0 radical (unpaired) electrons. The number of anilines is 2. The normalized spacial score (nSPS) is 21.8. The molecule has 5 N–H and O–H groups in total. The van der Waals surface area contributed by atoms with Gasteiger partial charge in [0.15, 0.2) is 0 Å². The van der Waals surface area contributed by atoms with Crippen molar-refractivity contribution >= 4 is 17.4 Å². The molecule has 1 aliphatic carbocycles. The molecule has 1 atom stereocenters. The fourth-order valence-corrected chi connectivity index (χ4v) is 3.76. The van der Waals surface area contributed by atoms with Crippen molar-refractivity contribution in [2.24, 2.45) is 5.73 Å². The van der Waals surface area contributed by atoms with Crippen LogP contribution in [0.1, 0.15) is 22.3 Å². The Morgan fingerprint density at radius 2 is 2.05 bits per heavy atom. The fourth-order valence-electron chi connectivity index (χ4n) is 3.76. The second-order valence-electron chi connectivity index (χ2n) is 6.15. The number of rotatable bonds is 2. The maximum atomic E-state index is 12.6. The number of nitrogens with two attached hydrogens (primary N) is 2. The second kappa shape index (κ2) is 4.55. The van der Waals surface area contributed by atoms with Crippen LogP contribution in [0, 0.1) is 0 Å². The van der Waals surface area contributed by atoms with Crippen LogP contribution >= 0.6 is 0 Å². The Bertz CT molecular complexity index is 786. The average Bonchev–Trinajstić information content (AvgIpc) is 2.99. The highest BCUT2D eigenvalue weighted by Crippen LogP contribution is 2.47. The van der Waals surface area contributed by atoms with Gasteiger partial charge in [-0.3, -0.25) is 4.79 Å². The van der Waals surface area contributed by atoms with Gasteiger partial charge in [-0.1, -0.05) is 12.1 Å². The van der Waals surface area contributed by atoms with E-state index in [9.17, 15) is 4.79 Å². The molecule has 5 heteroatoms. The number of amides is 1. The standard InChI is InChI=1S/C17H18N4O/c18-4-3-10-6-11-8-17(9-12(11)7-14(10)19)13-2-1-5-20-15(13)21-16(17)22/h1-2,5-7H,3-4,8-9,18-19H2,(H,20,21,22). The lowest BCUT2D eigenvalue weighted by Gasteiger charge is -2.20. The quantitative estimate of drug-likeness (QED) is 0.724. The smallest absolute Gasteiger partial charge is 0.237 e. The van der Waals surface area contributed by atoms with E-state index in [1.54, 1.807) is 6.20 Å². The number of nitrogens with zero attached hydrogens (tertiary/aromatic N) is 1. The molecule has 1 aromatic heterocycles. The Hall–Kier alpha value is -2.40. The first kappa shape index (κ1) is 13.3. The van der Waals surface area contributed by atoms with Gasteiger partial charge in [0.25, 0.3) is 0 Å². The summed E-state index contributed by atoms with van der Waals surface area (Å²) in [6.45, 7) is 0.571. The number of hydrogen-bond acceptors (Lipinski definition) is 4. The van der Waals surface area contributed by atoms with E-state index in [0.29, 0.717) is 25.2 Å². The summed E-state index contributed by atoms with van der Waals surface area (Å²) >= 11 is 0. The van der Waals surface area contributed by atoms with E-state index in [0.717, 1.165) is 28.8 Å². The monoisotopic (exact) mass is 294 g/mol. The van der Waals surface area contributed by atoms with Gasteiger partial charge in [0, 0.05) is 17.4 Å². The highest BCUT2D eigenvalue weighted by atomic mass is 16.2. The van der Waals surface area contributed by atoms with Crippen molar-refractivity contribution < 1.29 is 4.79 Å². The third kappa shape index (κ3) is 1.69. The average molecular weight is 294 g/mol. The van der Waals surface area contributed by atoms with E-state index < -0.39 is 5.41 Å². The lowest BCUT2D eigenvalue weighted by atomic mass is 9.79. The molecule has 2 heterocycles. The Balaban J connectivity index is 1.80. The molecule has 112 valence electrons. The molecular weight excluding hydrogens is 276 g/mol. The molecule has 1 amide bonds. The highest BCUT2D eigenvalue weighted by molar-refractivity contribution is 6.06. The van der Waals surface area contributed by atoms with Gasteiger partial charge >= 0.3 is 0 Å². The largest absolute Gasteiger partial charge is 0.398 e. The number of carbonyl (C=O) groups is 1. The minimum absolute atomic E-state index is 0.0383. The molecule has 0 fully saturated rings. The zero-order valence-corrected chi connectivity index (χ0v) is 12.2. The molecule has 22 heavy (non-hydrogen) atoms. The molecule has 0 saturated heterocycles. The molecule has 5 nitrogen and oxygen atoms in total. The SMILES string of the molecule is NCCc1cc2c(cc1N)CC1(C2)C(=O)Nc2ncccc21. The fraction of sp³-hybridized carbons (Fsp3) is 0.294. The second-order valence-corrected chi connectivity index (χ2v) is 6.15. The zero-order chi connectivity index (χ0) is 15.3. The Morgan fingerprint density at radius 3 is 2.82 bits per heavy atom. The number of aromatic nitrogens is 1. The first-order valence-corrected chi connectivity index (χ1v) is 7.51. The molecule has 2 aliphatic rings. The lowest BCUT2D eigenvalue weighted by molar-refractivity contribution is -0.120. The predicted molar refractivity (Wildman–Crippen MR) is 85.6 cm³/mol. The molecule has 0 saturated carbocycles. The maximum Gasteiger partial charge on any atom is 0.237 e. The van der Waals surface area contributed by atoms with Crippen LogP contribution < -0.4 is 16.8 Å². The summed E-state index contributed by atoms with van der Waals surface area (Å²) in [5.41, 5.74) is 16.4. The van der Waals surface area contributed by atoms with E-state index in [1.807, 2.05) is 18.2 Å². The number of nitrogen functional groups attached to an aromatic ring is 1. The minimum Gasteiger partial charge on any atom is -0.398 e. The summed E-state index contributed by atoms with van der Waals surface area (Å²) in [6.07, 6.45) is 3.85. The molecule has 1 aliphatic heterocycles. The summed E-state index contributed by atoms with van der Waals surface area (Å²) in [5, 5.41) is 2.92. The lowest BCUT2D eigenvalue weighted by Crippen LogP contribution is -2.35. The van der Waals surface area contributed by atoms with Crippen LogP contribution in [0.5, 0.6) is 0 Å². The van der Waals surface area contributed by atoms with Crippen molar-refractivity contribution in [1.82, 2.24) is 4.98 Å². The summed E-state index contributed by atoms with van der Waals surface area (Å²) in [7, 11) is 0. The topological polar surface area (TPSA) is 94.0 Å². The molecule has 1 aromatic carbocycles. The maximum absolute atomic E-state index is 12.6. The van der Waals surface area contributed by atoms with Gasteiger partial charge in [-0.2, -0.15) is 0 Å². The van der Waals surface area contributed by atoms with Crippen LogP contribution in [0.25, 0.3) is 0 Å². The first-order chi connectivity index (χ1) is 10.6. The molecule has 0 bridgehead atoms. The van der Waals surface area contributed by atoms with Crippen LogP contribution in [0.2, 0.25) is 0 Å². The van der Waals surface area contributed by atoms with E-state index in [1.165, 1.54) is 5.56 Å². The van der Waals surface area contributed by atoms with Crippen LogP contribution in [0.3, 0.4) is 0 Å². The number of carbonyl (C=O) groups excluding carboxylic acids is 1.